The molecule has 0 heterocycles. The number of aliphatic carboxylic acids is 1. The average Bonchev–Trinajstić information content (AvgIpc) is 3.53. The molecular formula is C24H37ClN2O5. The van der Waals surface area contributed by atoms with Gasteiger partial charge in [-0.15, -0.1) is 0 Å². The molecular weight excluding hydrogens is 432 g/mol. The molecule has 2 saturated carbocycles. The fourth-order valence-corrected chi connectivity index (χ4v) is 3.84. The fourth-order valence-electron chi connectivity index (χ4n) is 3.71. The van der Waals surface area contributed by atoms with Gasteiger partial charge in [0.25, 0.3) is 0 Å². The molecule has 0 saturated heterocycles. The van der Waals surface area contributed by atoms with Crippen LogP contribution in [0.15, 0.2) is 24.3 Å². The highest BCUT2D eigenvalue weighted by Crippen LogP contribution is 2.48. The Labute approximate surface area is 196 Å². The monoisotopic (exact) mass is 468 g/mol. The van der Waals surface area contributed by atoms with Gasteiger partial charge in [-0.2, -0.15) is 0 Å². The molecule has 0 atom stereocenters. The van der Waals surface area contributed by atoms with E-state index >= 15 is 0 Å². The van der Waals surface area contributed by atoms with Gasteiger partial charge in [0.1, 0.15) is 5.60 Å². The van der Waals surface area contributed by atoms with Gasteiger partial charge in [-0.3, -0.25) is 9.59 Å². The van der Waals surface area contributed by atoms with Gasteiger partial charge in [0, 0.05) is 19.5 Å². The number of hydrogen-bond acceptors (Lipinski definition) is 4. The van der Waals surface area contributed by atoms with E-state index in [0.29, 0.717) is 18.1 Å². The average molecular weight is 469 g/mol. The van der Waals surface area contributed by atoms with Gasteiger partial charge in [0.2, 0.25) is 5.91 Å². The lowest BCUT2D eigenvalue weighted by molar-refractivity contribution is -0.142. The number of rotatable bonds is 6. The zero-order chi connectivity index (χ0) is 23.8. The molecule has 180 valence electrons. The molecule has 3 N–H and O–H groups in total. The maximum atomic E-state index is 12.4. The minimum absolute atomic E-state index is 0. The number of carbonyl (C=O) groups excluding carboxylic acids is 2. The number of ether oxygens (including phenoxy) is 1. The van der Waals surface area contributed by atoms with Crippen LogP contribution in [0.1, 0.15) is 72.7 Å². The van der Waals surface area contributed by atoms with Crippen LogP contribution in [-0.2, 0) is 19.7 Å². The summed E-state index contributed by atoms with van der Waals surface area (Å²) in [7, 11) is 0. The summed E-state index contributed by atoms with van der Waals surface area (Å²) in [6.07, 6.45) is 6.42. The predicted octanol–water partition coefficient (Wildman–Crippen LogP) is 4.91. The maximum Gasteiger partial charge on any atom is 0.407 e. The molecule has 0 aliphatic heterocycles. The number of carboxylic acid groups (broad SMARTS) is 1. The van der Waals surface area contributed by atoms with Crippen molar-refractivity contribution < 1.29 is 25.7 Å². The summed E-state index contributed by atoms with van der Waals surface area (Å²) in [5.74, 6) is -0.640. The molecule has 1 aromatic carbocycles. The van der Waals surface area contributed by atoms with E-state index in [9.17, 15) is 14.4 Å². The van der Waals surface area contributed by atoms with Crippen molar-refractivity contribution in [2.75, 3.05) is 13.1 Å². The second-order valence-electron chi connectivity index (χ2n) is 9.45. The molecule has 2 fully saturated rings. The van der Waals surface area contributed by atoms with Crippen molar-refractivity contribution >= 4 is 29.6 Å². The van der Waals surface area contributed by atoms with Crippen LogP contribution in [0.2, 0.25) is 5.02 Å². The Morgan fingerprint density at radius 2 is 1.62 bits per heavy atom. The second-order valence-corrected chi connectivity index (χ2v) is 9.88. The largest absolute Gasteiger partial charge is 0.481 e. The molecule has 3 rings (SSSR count). The highest BCUT2D eigenvalue weighted by atomic mass is 35.5. The lowest BCUT2D eigenvalue weighted by Crippen LogP contribution is -2.41. The zero-order valence-corrected chi connectivity index (χ0v) is 20.0. The van der Waals surface area contributed by atoms with Crippen LogP contribution in [0.4, 0.5) is 4.79 Å². The van der Waals surface area contributed by atoms with Gasteiger partial charge in [-0.1, -0.05) is 43.0 Å². The number of hydrogen-bond donors (Lipinski definition) is 3. The molecule has 1 aromatic rings. The molecule has 8 heteroatoms. The van der Waals surface area contributed by atoms with Crippen LogP contribution in [0, 0.1) is 5.92 Å². The smallest absolute Gasteiger partial charge is 0.407 e. The van der Waals surface area contributed by atoms with Crippen LogP contribution in [0.3, 0.4) is 0 Å². The van der Waals surface area contributed by atoms with E-state index < -0.39 is 23.1 Å². The Hall–Kier alpha value is -2.28. The second kappa shape index (κ2) is 11.5. The Kier molecular flexibility index (Phi) is 9.37. The first kappa shape index (κ1) is 26.0. The summed E-state index contributed by atoms with van der Waals surface area (Å²) in [4.78, 5) is 34.3. The standard InChI is InChI=1S/C17H23ClN2O3.C7H12O2.H2/c1-16(2,3)23-15(22)20-11-10-19-14(21)17(8-9-17)12-4-6-13(18)7-5-12;8-7(9)6-4-2-1-3-5-6;/h4-7H,8-11H2,1-3H3,(H,19,21)(H,20,22);6H,1-5H2,(H,8,9);1H. The first-order valence-corrected chi connectivity index (χ1v) is 11.7. The van der Waals surface area contributed by atoms with Crippen molar-refractivity contribution in [1.29, 1.82) is 0 Å². The molecule has 2 amide bonds. The first-order chi connectivity index (χ1) is 15.0. The highest BCUT2D eigenvalue weighted by Gasteiger charge is 2.50. The molecule has 7 nitrogen and oxygen atoms in total. The van der Waals surface area contributed by atoms with Crippen LogP contribution in [0.25, 0.3) is 0 Å². The van der Waals surface area contributed by atoms with E-state index in [1.54, 1.807) is 32.9 Å². The van der Waals surface area contributed by atoms with Crippen molar-refractivity contribution in [2.45, 2.75) is 76.7 Å². The third-order valence-corrected chi connectivity index (χ3v) is 5.87. The van der Waals surface area contributed by atoms with Gasteiger partial charge in [0.15, 0.2) is 0 Å². The van der Waals surface area contributed by atoms with Gasteiger partial charge in [-0.25, -0.2) is 4.79 Å². The van der Waals surface area contributed by atoms with Gasteiger partial charge in [0.05, 0.1) is 11.3 Å². The van der Waals surface area contributed by atoms with Gasteiger partial charge < -0.3 is 20.5 Å². The third-order valence-electron chi connectivity index (χ3n) is 5.61. The van der Waals surface area contributed by atoms with Crippen molar-refractivity contribution in [3.8, 4) is 0 Å². The van der Waals surface area contributed by atoms with Gasteiger partial charge in [-0.05, 0) is 64.2 Å². The van der Waals surface area contributed by atoms with Crippen LogP contribution in [-0.4, -0.2) is 41.8 Å². The number of carbonyl (C=O) groups is 3. The van der Waals surface area contributed by atoms with E-state index in [4.69, 9.17) is 21.4 Å². The number of halogens is 1. The molecule has 32 heavy (non-hydrogen) atoms. The lowest BCUT2D eigenvalue weighted by Gasteiger charge is -2.20. The summed E-state index contributed by atoms with van der Waals surface area (Å²) in [6, 6.07) is 7.39. The van der Waals surface area contributed by atoms with Crippen LogP contribution < -0.4 is 10.6 Å². The summed E-state index contributed by atoms with van der Waals surface area (Å²) >= 11 is 5.89. The lowest BCUT2D eigenvalue weighted by atomic mass is 9.90. The Bertz CT molecular complexity index is 785. The number of benzene rings is 1. The predicted molar refractivity (Wildman–Crippen MR) is 126 cm³/mol. The SMILES string of the molecule is CC(C)(C)OC(=O)NCCNC(=O)C1(c2ccc(Cl)cc2)CC1.O=C(O)C1CCCCC1.[HH]. The quantitative estimate of drug-likeness (QED) is 0.514. The molecule has 0 unspecified atom stereocenters. The van der Waals surface area contributed by atoms with E-state index in [0.717, 1.165) is 44.1 Å². The molecule has 2 aliphatic carbocycles. The number of alkyl carbamates (subject to hydrolysis) is 1. The molecule has 0 spiro atoms. The summed E-state index contributed by atoms with van der Waals surface area (Å²) in [6.45, 7) is 6.11. The topological polar surface area (TPSA) is 105 Å². The Morgan fingerprint density at radius 3 is 2.09 bits per heavy atom. The van der Waals surface area contributed by atoms with Gasteiger partial charge >= 0.3 is 12.1 Å². The summed E-state index contributed by atoms with van der Waals surface area (Å²) < 4.78 is 5.13. The van der Waals surface area contributed by atoms with Crippen molar-refractivity contribution in [3.05, 3.63) is 34.9 Å². The van der Waals surface area contributed by atoms with E-state index in [2.05, 4.69) is 10.6 Å². The molecule has 2 aliphatic rings. The number of carboxylic acids is 1. The fraction of sp³-hybridized carbons (Fsp3) is 0.625. The third kappa shape index (κ3) is 8.34. The minimum atomic E-state index is -0.602. The number of amides is 2. The zero-order valence-electron chi connectivity index (χ0n) is 19.2. The van der Waals surface area contributed by atoms with E-state index in [-0.39, 0.29) is 13.3 Å². The van der Waals surface area contributed by atoms with E-state index in [1.165, 1.54) is 6.42 Å². The highest BCUT2D eigenvalue weighted by molar-refractivity contribution is 6.30. The van der Waals surface area contributed by atoms with Crippen molar-refractivity contribution in [2.24, 2.45) is 5.92 Å². The maximum absolute atomic E-state index is 12.4. The number of nitrogens with one attached hydrogen (secondary N) is 2. The minimum Gasteiger partial charge on any atom is -0.481 e. The van der Waals surface area contributed by atoms with Crippen molar-refractivity contribution in [3.63, 3.8) is 0 Å². The Morgan fingerprint density at radius 1 is 1.06 bits per heavy atom. The van der Waals surface area contributed by atoms with Crippen molar-refractivity contribution in [1.82, 2.24) is 10.6 Å². The summed E-state index contributed by atoms with van der Waals surface area (Å²) in [5, 5.41) is 14.7. The molecule has 0 bridgehead atoms. The van der Waals surface area contributed by atoms with Crippen LogP contribution >= 0.6 is 11.6 Å². The first-order valence-electron chi connectivity index (χ1n) is 11.3. The van der Waals surface area contributed by atoms with Crippen LogP contribution in [0.5, 0.6) is 0 Å². The molecule has 0 aromatic heterocycles. The van der Waals surface area contributed by atoms with E-state index in [1.807, 2.05) is 12.1 Å². The normalized spacial score (nSPS) is 17.4. The molecule has 0 radical (unpaired) electrons. The summed E-state index contributed by atoms with van der Waals surface area (Å²) in [5.41, 5.74) is 0.0238. The Balaban J connectivity index is 0.000000458.